The van der Waals surface area contributed by atoms with Gasteiger partial charge in [-0.05, 0) is 73.0 Å². The van der Waals surface area contributed by atoms with E-state index in [0.717, 1.165) is 22.5 Å². The molecule has 2 aromatic carbocycles. The first-order valence-electron chi connectivity index (χ1n) is 12.3. The maximum absolute atomic E-state index is 13.7. The van der Waals surface area contributed by atoms with Crippen LogP contribution in [0.5, 0.6) is 5.88 Å². The highest BCUT2D eigenvalue weighted by molar-refractivity contribution is 7.89. The van der Waals surface area contributed by atoms with Crippen LogP contribution in [0.15, 0.2) is 83.5 Å². The summed E-state index contributed by atoms with van der Waals surface area (Å²) in [5, 5.41) is 5.04. The zero-order valence-corrected chi connectivity index (χ0v) is 22.9. The Morgan fingerprint density at radius 3 is 2.62 bits per heavy atom. The van der Waals surface area contributed by atoms with E-state index in [-0.39, 0.29) is 33.9 Å². The summed E-state index contributed by atoms with van der Waals surface area (Å²) >= 11 is 12.2. The predicted octanol–water partition coefficient (Wildman–Crippen LogP) is 5.81. The first-order chi connectivity index (χ1) is 18.7. The molecular weight excluding hydrogens is 562 g/mol. The van der Waals surface area contributed by atoms with Gasteiger partial charge in [-0.3, -0.25) is 0 Å². The number of pyridine rings is 1. The molecule has 0 amide bonds. The minimum Gasteiger partial charge on any atom is -0.477 e. The number of halogens is 3. The van der Waals surface area contributed by atoms with Gasteiger partial charge in [0.25, 0.3) is 0 Å². The van der Waals surface area contributed by atoms with Crippen LogP contribution < -0.4 is 4.74 Å². The number of hydrogen-bond donors (Lipinski definition) is 0. The second kappa shape index (κ2) is 10.1. The zero-order valence-electron chi connectivity index (χ0n) is 20.6. The number of rotatable bonds is 6. The topological polar surface area (TPSA) is 77.3 Å². The van der Waals surface area contributed by atoms with E-state index in [9.17, 15) is 12.8 Å². The molecule has 1 aliphatic carbocycles. The molecule has 1 saturated heterocycles. The van der Waals surface area contributed by atoms with Gasteiger partial charge in [0, 0.05) is 30.8 Å². The Balaban J connectivity index is 1.38. The fourth-order valence-corrected chi connectivity index (χ4v) is 7.16. The van der Waals surface area contributed by atoms with E-state index in [0.29, 0.717) is 25.3 Å². The van der Waals surface area contributed by atoms with Gasteiger partial charge in [-0.2, -0.15) is 9.40 Å². The molecule has 0 spiro atoms. The summed E-state index contributed by atoms with van der Waals surface area (Å²) in [5.74, 6) is 0.142. The van der Waals surface area contributed by atoms with Crippen molar-refractivity contribution in [3.8, 4) is 11.6 Å². The van der Waals surface area contributed by atoms with Gasteiger partial charge < -0.3 is 4.74 Å². The van der Waals surface area contributed by atoms with E-state index in [1.165, 1.54) is 34.6 Å². The Bertz CT molecular complexity index is 1680. The van der Waals surface area contributed by atoms with Gasteiger partial charge in [-0.15, -0.1) is 0 Å². The molecule has 1 atom stereocenters. The average Bonchev–Trinajstić information content (AvgIpc) is 3.35. The number of piperidine rings is 1. The summed E-state index contributed by atoms with van der Waals surface area (Å²) in [6, 6.07) is 15.9. The van der Waals surface area contributed by atoms with Crippen molar-refractivity contribution in [3.63, 3.8) is 0 Å². The molecule has 0 saturated carbocycles. The maximum Gasteiger partial charge on any atom is 0.243 e. The van der Waals surface area contributed by atoms with Crippen molar-refractivity contribution in [2.75, 3.05) is 19.7 Å². The van der Waals surface area contributed by atoms with Crippen molar-refractivity contribution < 1.29 is 17.5 Å². The van der Waals surface area contributed by atoms with Crippen LogP contribution in [-0.2, 0) is 16.4 Å². The molecule has 0 N–H and O–H groups in total. The number of nitrogens with zero attached hydrogens (tertiary/aromatic N) is 4. The maximum atomic E-state index is 13.7. The Morgan fingerprint density at radius 2 is 1.87 bits per heavy atom. The molecule has 4 aromatic rings. The zero-order chi connectivity index (χ0) is 27.2. The molecule has 3 heterocycles. The van der Waals surface area contributed by atoms with Gasteiger partial charge >= 0.3 is 0 Å². The molecule has 6 rings (SSSR count). The fraction of sp³-hybridized carbons (Fsp3) is 0.214. The molecule has 39 heavy (non-hydrogen) atoms. The van der Waals surface area contributed by atoms with Crippen LogP contribution >= 0.6 is 23.2 Å². The number of fused-ring (bicyclic) bond motifs is 2. The van der Waals surface area contributed by atoms with Gasteiger partial charge in [0.05, 0.1) is 32.5 Å². The number of sulfonamides is 1. The summed E-state index contributed by atoms with van der Waals surface area (Å²) < 4.78 is 50.4. The summed E-state index contributed by atoms with van der Waals surface area (Å²) in [7, 11) is -3.86. The number of benzene rings is 2. The van der Waals surface area contributed by atoms with Crippen LogP contribution in [0.4, 0.5) is 4.39 Å². The van der Waals surface area contributed by atoms with E-state index >= 15 is 0 Å². The molecule has 200 valence electrons. The van der Waals surface area contributed by atoms with Crippen LogP contribution in [0.25, 0.3) is 11.8 Å². The number of hydrogen-bond acceptors (Lipinski definition) is 5. The number of ether oxygens (including phenoxy) is 1. The van der Waals surface area contributed by atoms with Crippen molar-refractivity contribution in [3.05, 3.63) is 106 Å². The SMILES string of the molecule is O=S(=O)(c1ccc(Cl)c(Cl)c1)N1CCC2=Cc3c(cnn3-c3ccc(F)cc3)CC2(COc2ccccn2)C1. The van der Waals surface area contributed by atoms with E-state index in [4.69, 9.17) is 27.9 Å². The first-order valence-corrected chi connectivity index (χ1v) is 14.5. The molecule has 11 heteroatoms. The molecule has 7 nitrogen and oxygen atoms in total. The molecule has 0 bridgehead atoms. The third-order valence-electron chi connectivity index (χ3n) is 7.25. The average molecular weight is 585 g/mol. The second-order valence-corrected chi connectivity index (χ2v) is 12.4. The van der Waals surface area contributed by atoms with Gasteiger partial charge in [-0.1, -0.05) is 34.8 Å². The Hall–Kier alpha value is -3.24. The minimum absolute atomic E-state index is 0.0887. The first kappa shape index (κ1) is 26.0. The lowest BCUT2D eigenvalue weighted by atomic mass is 9.69. The minimum atomic E-state index is -3.86. The smallest absolute Gasteiger partial charge is 0.243 e. The van der Waals surface area contributed by atoms with Crippen molar-refractivity contribution in [2.24, 2.45) is 5.41 Å². The quantitative estimate of drug-likeness (QED) is 0.286. The Labute approximate surface area is 235 Å². The molecular formula is C28H23Cl2FN4O3S. The predicted molar refractivity (Wildman–Crippen MR) is 147 cm³/mol. The normalized spacial score (nSPS) is 19.2. The largest absolute Gasteiger partial charge is 0.477 e. The highest BCUT2D eigenvalue weighted by atomic mass is 35.5. The van der Waals surface area contributed by atoms with E-state index in [1.54, 1.807) is 41.3 Å². The second-order valence-electron chi connectivity index (χ2n) is 9.69. The molecule has 0 radical (unpaired) electrons. The van der Waals surface area contributed by atoms with E-state index < -0.39 is 15.4 Å². The standard InChI is InChI=1S/C28H23Cl2FN4O3S/c29-24-9-8-23(14-25(24)30)39(36,37)34-12-10-20-13-26-19(16-33-35(26)22-6-4-21(31)5-7-22)15-28(20,17-34)18-38-27-3-1-2-11-32-27/h1-9,11,13-14,16H,10,12,15,17-18H2. The lowest BCUT2D eigenvalue weighted by Crippen LogP contribution is -2.52. The van der Waals surface area contributed by atoms with Crippen molar-refractivity contribution in [1.29, 1.82) is 0 Å². The van der Waals surface area contributed by atoms with Crippen LogP contribution in [0.1, 0.15) is 17.7 Å². The fourth-order valence-electron chi connectivity index (χ4n) is 5.25. The molecule has 1 unspecified atom stereocenters. The van der Waals surface area contributed by atoms with Crippen LogP contribution in [0.2, 0.25) is 10.0 Å². The van der Waals surface area contributed by atoms with Crippen LogP contribution in [0, 0.1) is 11.2 Å². The summed E-state index contributed by atoms with van der Waals surface area (Å²) in [6.45, 7) is 0.722. The van der Waals surface area contributed by atoms with E-state index in [1.807, 2.05) is 6.07 Å². The summed E-state index contributed by atoms with van der Waals surface area (Å²) in [6.07, 6.45) is 6.51. The highest BCUT2D eigenvalue weighted by Gasteiger charge is 2.47. The van der Waals surface area contributed by atoms with Crippen molar-refractivity contribution in [1.82, 2.24) is 19.1 Å². The van der Waals surface area contributed by atoms with Gasteiger partial charge in [0.15, 0.2) is 0 Å². The van der Waals surface area contributed by atoms with E-state index in [2.05, 4.69) is 16.2 Å². The van der Waals surface area contributed by atoms with Crippen LogP contribution in [-0.4, -0.2) is 47.2 Å². The highest BCUT2D eigenvalue weighted by Crippen LogP contribution is 2.45. The monoisotopic (exact) mass is 584 g/mol. The molecule has 1 fully saturated rings. The lowest BCUT2D eigenvalue weighted by molar-refractivity contribution is 0.122. The Morgan fingerprint density at radius 1 is 1.05 bits per heavy atom. The molecule has 2 aliphatic rings. The third-order valence-corrected chi connectivity index (χ3v) is 9.83. The summed E-state index contributed by atoms with van der Waals surface area (Å²) in [5.41, 5.74) is 3.00. The van der Waals surface area contributed by atoms with Crippen molar-refractivity contribution >= 4 is 39.3 Å². The van der Waals surface area contributed by atoms with Crippen LogP contribution in [0.3, 0.4) is 0 Å². The third kappa shape index (κ3) is 4.84. The van der Waals surface area contributed by atoms with Gasteiger partial charge in [-0.25, -0.2) is 22.5 Å². The van der Waals surface area contributed by atoms with Crippen molar-refractivity contribution in [2.45, 2.75) is 17.7 Å². The number of aromatic nitrogens is 3. The summed E-state index contributed by atoms with van der Waals surface area (Å²) in [4.78, 5) is 4.37. The Kier molecular flexibility index (Phi) is 6.71. The van der Waals surface area contributed by atoms with Gasteiger partial charge in [0.1, 0.15) is 12.4 Å². The lowest BCUT2D eigenvalue weighted by Gasteiger charge is -2.45. The van der Waals surface area contributed by atoms with Gasteiger partial charge in [0.2, 0.25) is 15.9 Å². The molecule has 1 aliphatic heterocycles. The molecule has 2 aromatic heterocycles.